The molecule has 0 amide bonds. The molecule has 1 aliphatic carbocycles. The highest BCUT2D eigenvalue weighted by molar-refractivity contribution is 4.90. The van der Waals surface area contributed by atoms with Crippen LogP contribution in [0.5, 0.6) is 0 Å². The average molecular weight is 213 g/mol. The fraction of sp³-hybridized carbons (Fsp3) is 1.00. The van der Waals surface area contributed by atoms with Gasteiger partial charge in [0.05, 0.1) is 0 Å². The molecule has 0 aromatic carbocycles. The fourth-order valence-electron chi connectivity index (χ4n) is 2.63. The predicted octanol–water partition coefficient (Wildman–Crippen LogP) is 2.56. The first-order valence-corrected chi connectivity index (χ1v) is 6.48. The van der Waals surface area contributed by atoms with Gasteiger partial charge in [-0.15, -0.1) is 0 Å². The molecule has 1 fully saturated rings. The zero-order chi connectivity index (χ0) is 11.3. The summed E-state index contributed by atoms with van der Waals surface area (Å²) in [6, 6.07) is 0.640. The zero-order valence-electron chi connectivity index (χ0n) is 10.6. The quantitative estimate of drug-likeness (QED) is 0.681. The van der Waals surface area contributed by atoms with Crippen molar-refractivity contribution in [1.29, 1.82) is 0 Å². The highest BCUT2D eigenvalue weighted by atomic mass is 16.3. The molecule has 2 nitrogen and oxygen atoms in total. The SMILES string of the molecule is CCC(NCC1(CCO)CCC1)C(C)C. The second-order valence-corrected chi connectivity index (χ2v) is 5.47. The highest BCUT2D eigenvalue weighted by Crippen LogP contribution is 2.43. The minimum absolute atomic E-state index is 0.347. The van der Waals surface area contributed by atoms with Crippen LogP contribution < -0.4 is 5.32 Å². The van der Waals surface area contributed by atoms with Crippen LogP contribution in [0.1, 0.15) is 52.9 Å². The van der Waals surface area contributed by atoms with Crippen LogP contribution in [0.3, 0.4) is 0 Å². The van der Waals surface area contributed by atoms with Crippen molar-refractivity contribution in [2.75, 3.05) is 13.2 Å². The van der Waals surface area contributed by atoms with Crippen molar-refractivity contribution in [3.8, 4) is 0 Å². The standard InChI is InChI=1S/C13H27NO/c1-4-12(11(2)3)14-10-13(8-9-15)6-5-7-13/h11-12,14-15H,4-10H2,1-3H3. The van der Waals surface area contributed by atoms with Crippen molar-refractivity contribution < 1.29 is 5.11 Å². The van der Waals surface area contributed by atoms with Gasteiger partial charge in [-0.1, -0.05) is 27.2 Å². The Morgan fingerprint density at radius 2 is 2.00 bits per heavy atom. The second kappa shape index (κ2) is 5.86. The van der Waals surface area contributed by atoms with E-state index in [1.807, 2.05) is 0 Å². The smallest absolute Gasteiger partial charge is 0.0436 e. The summed E-state index contributed by atoms with van der Waals surface area (Å²) in [5.41, 5.74) is 0.428. The van der Waals surface area contributed by atoms with E-state index in [0.717, 1.165) is 13.0 Å². The lowest BCUT2D eigenvalue weighted by atomic mass is 9.66. The van der Waals surface area contributed by atoms with Crippen LogP contribution in [0, 0.1) is 11.3 Å². The Labute approximate surface area is 94.5 Å². The Balaban J connectivity index is 2.33. The van der Waals surface area contributed by atoms with Crippen molar-refractivity contribution in [3.63, 3.8) is 0 Å². The van der Waals surface area contributed by atoms with E-state index in [1.54, 1.807) is 0 Å². The molecule has 0 aliphatic heterocycles. The molecule has 15 heavy (non-hydrogen) atoms. The maximum atomic E-state index is 9.07. The summed E-state index contributed by atoms with van der Waals surface area (Å²) in [6.07, 6.45) is 6.13. The molecular weight excluding hydrogens is 186 g/mol. The molecule has 0 saturated heterocycles. The first-order valence-electron chi connectivity index (χ1n) is 6.48. The molecule has 90 valence electrons. The number of hydrogen-bond acceptors (Lipinski definition) is 2. The molecule has 1 aliphatic rings. The fourth-order valence-corrected chi connectivity index (χ4v) is 2.63. The van der Waals surface area contributed by atoms with Crippen molar-refractivity contribution in [1.82, 2.24) is 5.32 Å². The minimum atomic E-state index is 0.347. The molecule has 0 aromatic heterocycles. The zero-order valence-corrected chi connectivity index (χ0v) is 10.6. The topological polar surface area (TPSA) is 32.3 Å². The van der Waals surface area contributed by atoms with Gasteiger partial charge < -0.3 is 10.4 Å². The third-order valence-electron chi connectivity index (χ3n) is 4.04. The van der Waals surface area contributed by atoms with Crippen LogP contribution in [0.2, 0.25) is 0 Å². The molecule has 2 N–H and O–H groups in total. The molecule has 0 heterocycles. The van der Waals surface area contributed by atoms with E-state index in [9.17, 15) is 0 Å². The summed E-state index contributed by atoms with van der Waals surface area (Å²) >= 11 is 0. The predicted molar refractivity (Wildman–Crippen MR) is 64.9 cm³/mol. The molecular formula is C13H27NO. The monoisotopic (exact) mass is 213 g/mol. The van der Waals surface area contributed by atoms with Crippen LogP contribution in [-0.4, -0.2) is 24.3 Å². The summed E-state index contributed by atoms with van der Waals surface area (Å²) in [5.74, 6) is 0.709. The summed E-state index contributed by atoms with van der Waals surface area (Å²) in [6.45, 7) is 8.25. The average Bonchev–Trinajstić information content (AvgIpc) is 2.14. The van der Waals surface area contributed by atoms with E-state index in [4.69, 9.17) is 5.11 Å². The summed E-state index contributed by atoms with van der Waals surface area (Å²) in [4.78, 5) is 0. The molecule has 0 bridgehead atoms. The van der Waals surface area contributed by atoms with Gasteiger partial charge >= 0.3 is 0 Å². The largest absolute Gasteiger partial charge is 0.396 e. The Morgan fingerprint density at radius 1 is 1.33 bits per heavy atom. The van der Waals surface area contributed by atoms with Gasteiger partial charge in [0.25, 0.3) is 0 Å². The minimum Gasteiger partial charge on any atom is -0.396 e. The van der Waals surface area contributed by atoms with Gasteiger partial charge in [-0.05, 0) is 37.0 Å². The van der Waals surface area contributed by atoms with Gasteiger partial charge in [0, 0.05) is 19.2 Å². The molecule has 0 spiro atoms. The maximum absolute atomic E-state index is 9.07. The summed E-state index contributed by atoms with van der Waals surface area (Å²) < 4.78 is 0. The number of aliphatic hydroxyl groups excluding tert-OH is 1. The summed E-state index contributed by atoms with van der Waals surface area (Å²) in [7, 11) is 0. The lowest BCUT2D eigenvalue weighted by molar-refractivity contribution is 0.0800. The molecule has 2 heteroatoms. The third-order valence-corrected chi connectivity index (χ3v) is 4.04. The lowest BCUT2D eigenvalue weighted by Gasteiger charge is -2.43. The van der Waals surface area contributed by atoms with Gasteiger partial charge in [0.15, 0.2) is 0 Å². The molecule has 0 radical (unpaired) electrons. The van der Waals surface area contributed by atoms with Crippen molar-refractivity contribution in [2.45, 2.75) is 58.9 Å². The Bertz CT molecular complexity index is 175. The number of hydrogen-bond donors (Lipinski definition) is 2. The Hall–Kier alpha value is -0.0800. The Morgan fingerprint density at radius 3 is 2.33 bits per heavy atom. The number of aliphatic hydroxyl groups is 1. The van der Waals surface area contributed by atoms with Crippen molar-refractivity contribution in [2.24, 2.45) is 11.3 Å². The van der Waals surface area contributed by atoms with Crippen LogP contribution in [-0.2, 0) is 0 Å². The first kappa shape index (κ1) is 13.0. The van der Waals surface area contributed by atoms with E-state index in [0.29, 0.717) is 24.0 Å². The van der Waals surface area contributed by atoms with Crippen LogP contribution in [0.25, 0.3) is 0 Å². The highest BCUT2D eigenvalue weighted by Gasteiger charge is 2.36. The number of rotatable bonds is 7. The van der Waals surface area contributed by atoms with Gasteiger partial charge in [-0.2, -0.15) is 0 Å². The summed E-state index contributed by atoms with van der Waals surface area (Å²) in [5, 5.41) is 12.8. The Kier molecular flexibility index (Phi) is 5.07. The third kappa shape index (κ3) is 3.46. The molecule has 1 unspecified atom stereocenters. The molecule has 1 rings (SSSR count). The first-order chi connectivity index (χ1) is 7.13. The van der Waals surface area contributed by atoms with Gasteiger partial charge in [0.2, 0.25) is 0 Å². The van der Waals surface area contributed by atoms with E-state index >= 15 is 0 Å². The maximum Gasteiger partial charge on any atom is 0.0436 e. The second-order valence-electron chi connectivity index (χ2n) is 5.47. The van der Waals surface area contributed by atoms with E-state index in [-0.39, 0.29) is 0 Å². The van der Waals surface area contributed by atoms with E-state index in [1.165, 1.54) is 25.7 Å². The molecule has 1 saturated carbocycles. The van der Waals surface area contributed by atoms with Gasteiger partial charge in [0.1, 0.15) is 0 Å². The van der Waals surface area contributed by atoms with Crippen LogP contribution in [0.15, 0.2) is 0 Å². The number of nitrogens with one attached hydrogen (secondary N) is 1. The molecule has 1 atom stereocenters. The normalized spacial score (nSPS) is 21.4. The van der Waals surface area contributed by atoms with Crippen molar-refractivity contribution >= 4 is 0 Å². The van der Waals surface area contributed by atoms with Crippen LogP contribution in [0.4, 0.5) is 0 Å². The molecule has 0 aromatic rings. The van der Waals surface area contributed by atoms with Crippen LogP contribution >= 0.6 is 0 Å². The van der Waals surface area contributed by atoms with E-state index in [2.05, 4.69) is 26.1 Å². The lowest BCUT2D eigenvalue weighted by Crippen LogP contribution is -2.45. The van der Waals surface area contributed by atoms with Gasteiger partial charge in [-0.3, -0.25) is 0 Å². The van der Waals surface area contributed by atoms with E-state index < -0.39 is 0 Å². The van der Waals surface area contributed by atoms with Crippen molar-refractivity contribution in [3.05, 3.63) is 0 Å². The van der Waals surface area contributed by atoms with Gasteiger partial charge in [-0.25, -0.2) is 0 Å².